The fourth-order valence-electron chi connectivity index (χ4n) is 0.994. The highest BCUT2D eigenvalue weighted by Crippen LogP contribution is 1.97. The van der Waals surface area contributed by atoms with E-state index in [1.165, 1.54) is 0 Å². The van der Waals surface area contributed by atoms with Gasteiger partial charge in [0.15, 0.2) is 0 Å². The van der Waals surface area contributed by atoms with E-state index >= 15 is 0 Å². The first-order chi connectivity index (χ1) is 7.35. The number of ether oxygens (including phenoxy) is 4. The van der Waals surface area contributed by atoms with E-state index in [4.69, 9.17) is 18.9 Å². The summed E-state index contributed by atoms with van der Waals surface area (Å²) in [6.45, 7) is 6.07. The molecular formula is C10H22O4Si. The molecule has 0 aromatic heterocycles. The zero-order valence-corrected chi connectivity index (χ0v) is 11.2. The molecule has 0 aromatic carbocycles. The third kappa shape index (κ3) is 10.1. The van der Waals surface area contributed by atoms with Crippen molar-refractivity contribution in [2.75, 3.05) is 40.6 Å². The molecule has 0 aliphatic rings. The van der Waals surface area contributed by atoms with Crippen LogP contribution in [0, 0.1) is 0 Å². The largest absolute Gasteiger partial charge is 0.382 e. The molecule has 0 spiro atoms. The average molecular weight is 234 g/mol. The minimum absolute atomic E-state index is 0.0479. The van der Waals surface area contributed by atoms with Crippen LogP contribution in [0.4, 0.5) is 0 Å². The lowest BCUT2D eigenvalue weighted by atomic mass is 10.8. The van der Waals surface area contributed by atoms with Gasteiger partial charge in [0.25, 0.3) is 0 Å². The van der Waals surface area contributed by atoms with E-state index < -0.39 is 9.52 Å². The highest BCUT2D eigenvalue weighted by Gasteiger charge is 2.08. The highest BCUT2D eigenvalue weighted by atomic mass is 28.2. The molecule has 90 valence electrons. The monoisotopic (exact) mass is 234 g/mol. The number of methoxy groups -OCH3 is 2. The van der Waals surface area contributed by atoms with Gasteiger partial charge in [0, 0.05) is 14.2 Å². The van der Waals surface area contributed by atoms with Crippen LogP contribution in [-0.2, 0) is 18.9 Å². The normalized spacial score (nSPS) is 11.7. The molecule has 0 rings (SSSR count). The van der Waals surface area contributed by atoms with E-state index in [0.29, 0.717) is 26.4 Å². The molecule has 0 saturated carbocycles. The molecule has 0 aromatic rings. The quantitative estimate of drug-likeness (QED) is 0.224. The summed E-state index contributed by atoms with van der Waals surface area (Å²) in [7, 11) is 2.91. The van der Waals surface area contributed by atoms with Crippen molar-refractivity contribution in [1.82, 2.24) is 0 Å². The van der Waals surface area contributed by atoms with Crippen LogP contribution in [0.5, 0.6) is 0 Å². The van der Waals surface area contributed by atoms with E-state index in [1.807, 2.05) is 6.08 Å². The lowest BCUT2D eigenvalue weighted by molar-refractivity contribution is -0.108. The maximum atomic E-state index is 5.54. The van der Waals surface area contributed by atoms with Crippen molar-refractivity contribution in [2.24, 2.45) is 0 Å². The molecular weight excluding hydrogens is 212 g/mol. The number of hydrogen-bond donors (Lipinski definition) is 0. The molecule has 0 atom stereocenters. The maximum absolute atomic E-state index is 5.54. The van der Waals surface area contributed by atoms with Crippen LogP contribution in [0.25, 0.3) is 0 Å². The Morgan fingerprint density at radius 1 is 1.07 bits per heavy atom. The SMILES string of the molecule is C=CC[SiH2]C(OCCOC)OCCOC. The first-order valence-corrected chi connectivity index (χ1v) is 6.98. The Bertz CT molecular complexity index is 133. The van der Waals surface area contributed by atoms with Gasteiger partial charge in [-0.1, -0.05) is 6.08 Å². The molecule has 0 heterocycles. The summed E-state index contributed by atoms with van der Waals surface area (Å²) in [4.78, 5) is 0. The summed E-state index contributed by atoms with van der Waals surface area (Å²) < 4.78 is 20.9. The predicted octanol–water partition coefficient (Wildman–Crippen LogP) is 0.369. The van der Waals surface area contributed by atoms with Gasteiger partial charge in [-0.15, -0.1) is 6.58 Å². The van der Waals surface area contributed by atoms with E-state index in [2.05, 4.69) is 6.58 Å². The Morgan fingerprint density at radius 3 is 2.00 bits per heavy atom. The third-order valence-electron chi connectivity index (χ3n) is 1.79. The molecule has 0 bridgehead atoms. The number of hydrogen-bond acceptors (Lipinski definition) is 4. The van der Waals surface area contributed by atoms with Crippen LogP contribution in [-0.4, -0.2) is 56.1 Å². The van der Waals surface area contributed by atoms with Gasteiger partial charge in [0.2, 0.25) is 0 Å². The van der Waals surface area contributed by atoms with Crippen LogP contribution in [0.1, 0.15) is 0 Å². The van der Waals surface area contributed by atoms with Gasteiger partial charge < -0.3 is 18.9 Å². The fourth-order valence-corrected chi connectivity index (χ4v) is 2.17. The molecule has 0 aliphatic carbocycles. The van der Waals surface area contributed by atoms with Crippen molar-refractivity contribution in [1.29, 1.82) is 0 Å². The van der Waals surface area contributed by atoms with Crippen molar-refractivity contribution >= 4 is 9.52 Å². The lowest BCUT2D eigenvalue weighted by Gasteiger charge is -2.17. The van der Waals surface area contributed by atoms with Gasteiger partial charge in [-0.2, -0.15) is 0 Å². The fraction of sp³-hybridized carbons (Fsp3) is 0.800. The van der Waals surface area contributed by atoms with Crippen molar-refractivity contribution in [3.63, 3.8) is 0 Å². The summed E-state index contributed by atoms with van der Waals surface area (Å²) in [5.74, 6) is -0.0479. The van der Waals surface area contributed by atoms with E-state index in [-0.39, 0.29) is 5.91 Å². The van der Waals surface area contributed by atoms with Crippen molar-refractivity contribution < 1.29 is 18.9 Å². The molecule has 4 nitrogen and oxygen atoms in total. The van der Waals surface area contributed by atoms with Crippen LogP contribution in [0.3, 0.4) is 0 Å². The molecule has 5 heteroatoms. The lowest BCUT2D eigenvalue weighted by Crippen LogP contribution is -2.27. The van der Waals surface area contributed by atoms with Gasteiger partial charge in [0.05, 0.1) is 35.9 Å². The van der Waals surface area contributed by atoms with Crippen LogP contribution in [0.2, 0.25) is 6.04 Å². The van der Waals surface area contributed by atoms with Gasteiger partial charge in [-0.3, -0.25) is 0 Å². The second kappa shape index (κ2) is 11.9. The minimum Gasteiger partial charge on any atom is -0.382 e. The molecule has 0 radical (unpaired) electrons. The molecule has 0 saturated heterocycles. The number of allylic oxidation sites excluding steroid dienone is 1. The first-order valence-electron chi connectivity index (χ1n) is 5.17. The highest BCUT2D eigenvalue weighted by molar-refractivity contribution is 6.37. The van der Waals surface area contributed by atoms with Crippen molar-refractivity contribution in [3.05, 3.63) is 12.7 Å². The zero-order valence-electron chi connectivity index (χ0n) is 9.74. The Labute approximate surface area is 94.4 Å². The zero-order chi connectivity index (χ0) is 11.4. The average Bonchev–Trinajstić information content (AvgIpc) is 2.25. The van der Waals surface area contributed by atoms with E-state index in [9.17, 15) is 0 Å². The van der Waals surface area contributed by atoms with Gasteiger partial charge in [-0.05, 0) is 6.04 Å². The van der Waals surface area contributed by atoms with Crippen LogP contribution < -0.4 is 0 Å². The van der Waals surface area contributed by atoms with Crippen LogP contribution >= 0.6 is 0 Å². The molecule has 15 heavy (non-hydrogen) atoms. The summed E-state index contributed by atoms with van der Waals surface area (Å²) in [6.07, 6.45) is 1.92. The van der Waals surface area contributed by atoms with Gasteiger partial charge >= 0.3 is 0 Å². The Hall–Kier alpha value is -0.203. The molecule has 0 fully saturated rings. The summed E-state index contributed by atoms with van der Waals surface area (Å²) in [5, 5.41) is 0. The summed E-state index contributed by atoms with van der Waals surface area (Å²) in [5.41, 5.74) is 0. The second-order valence-electron chi connectivity index (χ2n) is 3.02. The second-order valence-corrected chi connectivity index (χ2v) is 4.84. The topological polar surface area (TPSA) is 36.9 Å². The molecule has 0 unspecified atom stereocenters. The molecule has 0 N–H and O–H groups in total. The van der Waals surface area contributed by atoms with Gasteiger partial charge in [-0.25, -0.2) is 0 Å². The van der Waals surface area contributed by atoms with Crippen molar-refractivity contribution in [3.8, 4) is 0 Å². The van der Waals surface area contributed by atoms with E-state index in [0.717, 1.165) is 6.04 Å². The smallest absolute Gasteiger partial charge is 0.135 e. The Morgan fingerprint density at radius 2 is 1.60 bits per heavy atom. The van der Waals surface area contributed by atoms with Crippen LogP contribution in [0.15, 0.2) is 12.7 Å². The maximum Gasteiger partial charge on any atom is 0.135 e. The number of rotatable bonds is 11. The Balaban J connectivity index is 3.57. The summed E-state index contributed by atoms with van der Waals surface area (Å²) >= 11 is 0. The van der Waals surface area contributed by atoms with Gasteiger partial charge in [0.1, 0.15) is 5.91 Å². The summed E-state index contributed by atoms with van der Waals surface area (Å²) in [6, 6.07) is 1.02. The Kier molecular flexibility index (Phi) is 11.7. The predicted molar refractivity (Wildman–Crippen MR) is 63.0 cm³/mol. The van der Waals surface area contributed by atoms with E-state index in [1.54, 1.807) is 14.2 Å². The standard InChI is InChI=1S/C10H22O4Si/c1-4-9-15-10(13-7-5-11-2)14-8-6-12-3/h4,10H,1,5-9,15H2,2-3H3. The third-order valence-corrected chi connectivity index (χ3v) is 3.47. The minimum atomic E-state index is -0.404. The molecule has 0 aliphatic heterocycles. The first kappa shape index (κ1) is 14.8. The van der Waals surface area contributed by atoms with Crippen molar-refractivity contribution in [2.45, 2.75) is 12.0 Å². The molecule has 0 amide bonds.